The van der Waals surface area contributed by atoms with Crippen LogP contribution in [0.1, 0.15) is 6.42 Å². The van der Waals surface area contributed by atoms with Crippen LogP contribution < -0.4 is 9.47 Å². The molecule has 2 aromatic rings. The molecule has 8 nitrogen and oxygen atoms in total. The van der Waals surface area contributed by atoms with E-state index in [9.17, 15) is 16.8 Å². The lowest BCUT2D eigenvalue weighted by molar-refractivity contribution is 0.384. The van der Waals surface area contributed by atoms with Gasteiger partial charge in [-0.3, -0.25) is 0 Å². The summed E-state index contributed by atoms with van der Waals surface area (Å²) in [4.78, 5) is -0.0369. The minimum absolute atomic E-state index is 0.0107. The predicted octanol–water partition coefficient (Wildman–Crippen LogP) is 3.10. The molecule has 31 heavy (non-hydrogen) atoms. The largest absolute Gasteiger partial charge is 0.495 e. The molecule has 1 aliphatic heterocycles. The highest BCUT2D eigenvalue weighted by molar-refractivity contribution is 7.89. The first-order valence-electron chi connectivity index (χ1n) is 9.28. The number of ether oxygens (including phenoxy) is 2. The summed E-state index contributed by atoms with van der Waals surface area (Å²) in [6.07, 6.45) is 0.324. The summed E-state index contributed by atoms with van der Waals surface area (Å²) in [5, 5.41) is 0.696. The fourth-order valence-electron chi connectivity index (χ4n) is 3.34. The summed E-state index contributed by atoms with van der Waals surface area (Å²) in [7, 11) is -5.10. The van der Waals surface area contributed by atoms with Crippen molar-refractivity contribution in [3.8, 4) is 11.5 Å². The Balaban J connectivity index is 1.87. The lowest BCUT2D eigenvalue weighted by Crippen LogP contribution is -2.37. The molecular formula is C19H22Cl2N2O6S2. The van der Waals surface area contributed by atoms with Crippen molar-refractivity contribution in [2.24, 2.45) is 0 Å². The highest BCUT2D eigenvalue weighted by Gasteiger charge is 2.34. The Labute approximate surface area is 192 Å². The zero-order chi connectivity index (χ0) is 22.8. The number of sulfonamides is 2. The normalized spacial score (nSPS) is 16.6. The molecule has 0 unspecified atom stereocenters. The van der Waals surface area contributed by atoms with Crippen LogP contribution in [0.15, 0.2) is 46.2 Å². The summed E-state index contributed by atoms with van der Waals surface area (Å²) in [5.41, 5.74) is 0. The standard InChI is InChI=1S/C19H22Cl2N2O6S2/c1-28-16-12-14(20)4-6-18(16)30(24,25)22-8-3-9-23(11-10-22)31(26,27)19-7-5-15(21)13-17(19)29-2/h4-7,12-13H,3,8-11H2,1-2H3. The van der Waals surface area contributed by atoms with Gasteiger partial charge in [0.05, 0.1) is 14.2 Å². The van der Waals surface area contributed by atoms with E-state index in [1.807, 2.05) is 0 Å². The maximum Gasteiger partial charge on any atom is 0.246 e. The van der Waals surface area contributed by atoms with Gasteiger partial charge in [-0.15, -0.1) is 0 Å². The average Bonchev–Trinajstić information content (AvgIpc) is 3.00. The Kier molecular flexibility index (Phi) is 7.39. The molecular weight excluding hydrogens is 487 g/mol. The fraction of sp³-hybridized carbons (Fsp3) is 0.368. The first-order chi connectivity index (χ1) is 14.6. The molecule has 0 N–H and O–H groups in total. The molecule has 3 rings (SSSR count). The second-order valence-electron chi connectivity index (χ2n) is 6.75. The van der Waals surface area contributed by atoms with Gasteiger partial charge in [0.2, 0.25) is 20.0 Å². The van der Waals surface area contributed by atoms with Crippen LogP contribution in [-0.4, -0.2) is 65.8 Å². The molecule has 0 atom stereocenters. The molecule has 1 saturated heterocycles. The lowest BCUT2D eigenvalue weighted by Gasteiger charge is -2.23. The van der Waals surface area contributed by atoms with Crippen molar-refractivity contribution in [1.29, 1.82) is 0 Å². The van der Waals surface area contributed by atoms with E-state index in [2.05, 4.69) is 0 Å². The molecule has 0 spiro atoms. The van der Waals surface area contributed by atoms with Crippen molar-refractivity contribution in [3.05, 3.63) is 46.4 Å². The minimum Gasteiger partial charge on any atom is -0.495 e. The first kappa shape index (κ1) is 24.1. The molecule has 0 radical (unpaired) electrons. The Bertz CT molecular complexity index is 1080. The molecule has 0 amide bonds. The lowest BCUT2D eigenvalue weighted by atomic mass is 10.3. The number of rotatable bonds is 6. The van der Waals surface area contributed by atoms with Crippen LogP contribution in [0.2, 0.25) is 10.0 Å². The third-order valence-electron chi connectivity index (χ3n) is 4.90. The molecule has 2 aromatic carbocycles. The fourth-order valence-corrected chi connectivity index (χ4v) is 6.87. The highest BCUT2D eigenvalue weighted by Crippen LogP contribution is 2.32. The van der Waals surface area contributed by atoms with Crippen molar-refractivity contribution in [1.82, 2.24) is 8.61 Å². The van der Waals surface area contributed by atoms with Gasteiger partial charge in [-0.05, 0) is 30.7 Å². The zero-order valence-corrected chi connectivity index (χ0v) is 20.1. The summed E-state index contributed by atoms with van der Waals surface area (Å²) < 4.78 is 65.7. The first-order valence-corrected chi connectivity index (χ1v) is 12.9. The molecule has 0 aromatic heterocycles. The van der Waals surface area contributed by atoms with Crippen LogP contribution >= 0.6 is 23.2 Å². The quantitative estimate of drug-likeness (QED) is 0.594. The molecule has 1 heterocycles. The third-order valence-corrected chi connectivity index (χ3v) is 9.25. The van der Waals surface area contributed by atoms with E-state index in [-0.39, 0.29) is 47.5 Å². The SMILES string of the molecule is COc1cc(Cl)ccc1S(=O)(=O)N1CCCN(S(=O)(=O)c2ccc(Cl)cc2OC)CC1. The average molecular weight is 509 g/mol. The van der Waals surface area contributed by atoms with Crippen LogP contribution in [0, 0.1) is 0 Å². The second kappa shape index (κ2) is 9.51. The van der Waals surface area contributed by atoms with Crippen LogP contribution in [0.25, 0.3) is 0 Å². The van der Waals surface area contributed by atoms with E-state index in [4.69, 9.17) is 32.7 Å². The van der Waals surface area contributed by atoms with Gasteiger partial charge < -0.3 is 9.47 Å². The van der Waals surface area contributed by atoms with Crippen molar-refractivity contribution in [3.63, 3.8) is 0 Å². The highest BCUT2D eigenvalue weighted by atomic mass is 35.5. The van der Waals surface area contributed by atoms with Crippen LogP contribution in [-0.2, 0) is 20.0 Å². The molecule has 0 saturated carbocycles. The smallest absolute Gasteiger partial charge is 0.246 e. The topological polar surface area (TPSA) is 93.2 Å². The molecule has 170 valence electrons. The Morgan fingerprint density at radius 3 is 1.45 bits per heavy atom. The van der Waals surface area contributed by atoms with Crippen molar-refractivity contribution < 1.29 is 26.3 Å². The molecule has 0 aliphatic carbocycles. The maximum absolute atomic E-state index is 13.2. The van der Waals surface area contributed by atoms with E-state index in [1.165, 1.54) is 59.2 Å². The Hall–Kier alpha value is -1.56. The van der Waals surface area contributed by atoms with Crippen LogP contribution in [0.5, 0.6) is 11.5 Å². The predicted molar refractivity (Wildman–Crippen MR) is 118 cm³/mol. The second-order valence-corrected chi connectivity index (χ2v) is 11.4. The summed E-state index contributed by atoms with van der Waals surface area (Å²) in [6, 6.07) is 8.56. The summed E-state index contributed by atoms with van der Waals surface area (Å²) in [5.74, 6) is 0.263. The van der Waals surface area contributed by atoms with Gasteiger partial charge in [-0.1, -0.05) is 23.2 Å². The number of hydrogen-bond acceptors (Lipinski definition) is 6. The van der Waals surface area contributed by atoms with E-state index >= 15 is 0 Å². The summed E-state index contributed by atoms with van der Waals surface area (Å²) in [6.45, 7) is 0.308. The molecule has 1 fully saturated rings. The molecule has 1 aliphatic rings. The zero-order valence-electron chi connectivity index (χ0n) is 16.9. The minimum atomic E-state index is -3.91. The van der Waals surface area contributed by atoms with Gasteiger partial charge in [0.1, 0.15) is 21.3 Å². The monoisotopic (exact) mass is 508 g/mol. The van der Waals surface area contributed by atoms with Gasteiger partial charge in [0, 0.05) is 48.4 Å². The number of hydrogen-bond donors (Lipinski definition) is 0. The number of benzene rings is 2. The van der Waals surface area contributed by atoms with E-state index < -0.39 is 20.0 Å². The van der Waals surface area contributed by atoms with E-state index in [0.717, 1.165) is 0 Å². The van der Waals surface area contributed by atoms with Crippen molar-refractivity contribution in [2.75, 3.05) is 40.4 Å². The Morgan fingerprint density at radius 1 is 0.710 bits per heavy atom. The molecule has 0 bridgehead atoms. The van der Waals surface area contributed by atoms with Crippen LogP contribution in [0.3, 0.4) is 0 Å². The third kappa shape index (κ3) is 4.94. The Morgan fingerprint density at radius 2 is 1.10 bits per heavy atom. The van der Waals surface area contributed by atoms with E-state index in [1.54, 1.807) is 0 Å². The number of nitrogens with zero attached hydrogens (tertiary/aromatic N) is 2. The van der Waals surface area contributed by atoms with Gasteiger partial charge in [-0.2, -0.15) is 8.61 Å². The van der Waals surface area contributed by atoms with Gasteiger partial charge in [0.15, 0.2) is 0 Å². The van der Waals surface area contributed by atoms with Gasteiger partial charge >= 0.3 is 0 Å². The number of methoxy groups -OCH3 is 2. The molecule has 12 heteroatoms. The van der Waals surface area contributed by atoms with Gasteiger partial charge in [0.25, 0.3) is 0 Å². The van der Waals surface area contributed by atoms with Gasteiger partial charge in [-0.25, -0.2) is 16.8 Å². The van der Waals surface area contributed by atoms with E-state index in [0.29, 0.717) is 16.5 Å². The number of halogens is 2. The summed E-state index contributed by atoms with van der Waals surface area (Å²) >= 11 is 11.9. The van der Waals surface area contributed by atoms with Crippen molar-refractivity contribution in [2.45, 2.75) is 16.2 Å². The van der Waals surface area contributed by atoms with Crippen LogP contribution in [0.4, 0.5) is 0 Å². The maximum atomic E-state index is 13.2. The van der Waals surface area contributed by atoms with Crippen molar-refractivity contribution >= 4 is 43.2 Å².